The van der Waals surface area contributed by atoms with Crippen LogP contribution in [0.25, 0.3) is 0 Å². The Kier molecular flexibility index (Phi) is 8.33. The van der Waals surface area contributed by atoms with Crippen LogP contribution in [0.3, 0.4) is 0 Å². The summed E-state index contributed by atoms with van der Waals surface area (Å²) < 4.78 is 0. The normalized spacial score (nSPS) is 24.4. The predicted molar refractivity (Wildman–Crippen MR) is 97.8 cm³/mol. The van der Waals surface area contributed by atoms with Crippen molar-refractivity contribution in [2.24, 2.45) is 5.84 Å². The van der Waals surface area contributed by atoms with Crippen LogP contribution in [0, 0.1) is 0 Å². The second kappa shape index (κ2) is 10.5. The van der Waals surface area contributed by atoms with Crippen molar-refractivity contribution in [1.29, 1.82) is 0 Å². The van der Waals surface area contributed by atoms with Gasteiger partial charge in [0.15, 0.2) is 0 Å². The number of hydrogen-bond donors (Lipinski definition) is 5. The third-order valence-corrected chi connectivity index (χ3v) is 6.15. The van der Waals surface area contributed by atoms with Gasteiger partial charge in [-0.15, -0.1) is 0 Å². The second-order valence-electron chi connectivity index (χ2n) is 6.60. The molecule has 0 aromatic heterocycles. The first kappa shape index (κ1) is 19.8. The highest BCUT2D eigenvalue weighted by molar-refractivity contribution is 8.00. The predicted octanol–water partition coefficient (Wildman–Crippen LogP) is 0.379. The SMILES string of the molecule is NNC(=O)CCCCCNC(=O)CCCC[C@H]1SC[C@@H]2NC(=O)N[C@@H]21. The van der Waals surface area contributed by atoms with Crippen LogP contribution in [0.5, 0.6) is 0 Å². The van der Waals surface area contributed by atoms with E-state index in [-0.39, 0.29) is 29.9 Å². The van der Waals surface area contributed by atoms with Gasteiger partial charge in [0.25, 0.3) is 0 Å². The van der Waals surface area contributed by atoms with Crippen LogP contribution >= 0.6 is 11.8 Å². The topological polar surface area (TPSA) is 125 Å². The monoisotopic (exact) mass is 371 g/mol. The van der Waals surface area contributed by atoms with Gasteiger partial charge < -0.3 is 16.0 Å². The lowest BCUT2D eigenvalue weighted by molar-refractivity contribution is -0.122. The Labute approximate surface area is 152 Å². The molecule has 0 radical (unpaired) electrons. The lowest BCUT2D eigenvalue weighted by Gasteiger charge is -2.16. The summed E-state index contributed by atoms with van der Waals surface area (Å²) in [6.45, 7) is 0.656. The quantitative estimate of drug-likeness (QED) is 0.118. The first-order chi connectivity index (χ1) is 12.1. The fourth-order valence-corrected chi connectivity index (χ4v) is 4.79. The smallest absolute Gasteiger partial charge is 0.315 e. The number of thioether (sulfide) groups is 1. The minimum Gasteiger partial charge on any atom is -0.356 e. The number of urea groups is 1. The molecule has 2 aliphatic rings. The number of nitrogens with one attached hydrogen (secondary N) is 4. The van der Waals surface area contributed by atoms with Crippen molar-refractivity contribution in [3.8, 4) is 0 Å². The van der Waals surface area contributed by atoms with Gasteiger partial charge in [0.05, 0.1) is 12.1 Å². The Bertz CT molecular complexity index is 477. The van der Waals surface area contributed by atoms with E-state index in [0.717, 1.165) is 44.3 Å². The van der Waals surface area contributed by atoms with E-state index in [1.165, 1.54) is 0 Å². The minimum atomic E-state index is -0.149. The summed E-state index contributed by atoms with van der Waals surface area (Å²) in [5.74, 6) is 5.92. The first-order valence-corrected chi connectivity index (χ1v) is 10.1. The van der Waals surface area contributed by atoms with Crippen LogP contribution in [0.4, 0.5) is 4.79 Å². The molecule has 0 aromatic rings. The maximum Gasteiger partial charge on any atom is 0.315 e. The number of rotatable bonds is 11. The van der Waals surface area contributed by atoms with Gasteiger partial charge in [0, 0.05) is 30.4 Å². The Morgan fingerprint density at radius 2 is 1.84 bits per heavy atom. The molecular weight excluding hydrogens is 342 g/mol. The zero-order valence-corrected chi connectivity index (χ0v) is 15.3. The van der Waals surface area contributed by atoms with Crippen molar-refractivity contribution in [2.45, 2.75) is 68.7 Å². The maximum absolute atomic E-state index is 11.8. The van der Waals surface area contributed by atoms with Crippen LogP contribution < -0.4 is 27.2 Å². The molecule has 4 amide bonds. The zero-order valence-electron chi connectivity index (χ0n) is 14.5. The van der Waals surface area contributed by atoms with Crippen LogP contribution in [-0.2, 0) is 9.59 Å². The summed E-state index contributed by atoms with van der Waals surface area (Å²) in [6, 6.07) is 0.456. The number of amides is 4. The second-order valence-corrected chi connectivity index (χ2v) is 7.87. The number of nitrogens with two attached hydrogens (primary N) is 1. The van der Waals surface area contributed by atoms with Gasteiger partial charge >= 0.3 is 6.03 Å². The van der Waals surface area contributed by atoms with Gasteiger partial charge in [0.2, 0.25) is 11.8 Å². The summed E-state index contributed by atoms with van der Waals surface area (Å²) in [7, 11) is 0. The zero-order chi connectivity index (χ0) is 18.1. The van der Waals surface area contributed by atoms with E-state index in [1.807, 2.05) is 11.8 Å². The average molecular weight is 372 g/mol. The molecule has 142 valence electrons. The van der Waals surface area contributed by atoms with Crippen molar-refractivity contribution in [2.75, 3.05) is 12.3 Å². The summed E-state index contributed by atoms with van der Waals surface area (Å²) in [5, 5.41) is 9.30. The van der Waals surface area contributed by atoms with Crippen LogP contribution in [-0.4, -0.2) is 47.5 Å². The average Bonchev–Trinajstić information content (AvgIpc) is 3.14. The largest absolute Gasteiger partial charge is 0.356 e. The molecule has 2 fully saturated rings. The fraction of sp³-hybridized carbons (Fsp3) is 0.812. The summed E-state index contributed by atoms with van der Waals surface area (Å²) in [4.78, 5) is 34.1. The van der Waals surface area contributed by atoms with Crippen LogP contribution in [0.15, 0.2) is 0 Å². The number of carbonyl (C=O) groups excluding carboxylic acids is 3. The minimum absolute atomic E-state index is 0.0525. The molecular formula is C16H29N5O3S. The van der Waals surface area contributed by atoms with Crippen LogP contribution in [0.1, 0.15) is 51.4 Å². The third kappa shape index (κ3) is 6.74. The van der Waals surface area contributed by atoms with Gasteiger partial charge in [-0.2, -0.15) is 11.8 Å². The summed E-state index contributed by atoms with van der Waals surface area (Å²) in [5.41, 5.74) is 2.10. The highest BCUT2D eigenvalue weighted by atomic mass is 32.2. The Morgan fingerprint density at radius 3 is 2.64 bits per heavy atom. The van der Waals surface area contributed by atoms with E-state index in [1.54, 1.807) is 0 Å². The molecule has 0 aliphatic carbocycles. The van der Waals surface area contributed by atoms with E-state index in [2.05, 4.69) is 21.4 Å². The number of hydrazine groups is 1. The van der Waals surface area contributed by atoms with Gasteiger partial charge in [-0.3, -0.25) is 15.0 Å². The molecule has 2 heterocycles. The lowest BCUT2D eigenvalue weighted by Crippen LogP contribution is -2.36. The summed E-state index contributed by atoms with van der Waals surface area (Å²) >= 11 is 1.91. The standard InChI is InChI=1S/C16H29N5O3S/c17-21-14(23)8-2-1-5-9-18-13(22)7-4-3-6-12-15-11(10-25-12)19-16(24)20-15/h11-12,15H,1-10,17H2,(H,18,22)(H,21,23)(H2,19,20,24)/t11-,12+,15-/m0/s1. The fourth-order valence-electron chi connectivity index (χ4n) is 3.25. The molecule has 0 aromatic carbocycles. The maximum atomic E-state index is 11.8. The molecule has 0 spiro atoms. The Balaban J connectivity index is 1.44. The highest BCUT2D eigenvalue weighted by Crippen LogP contribution is 2.33. The number of fused-ring (bicyclic) bond motifs is 1. The third-order valence-electron chi connectivity index (χ3n) is 4.64. The molecule has 2 aliphatic heterocycles. The van der Waals surface area contributed by atoms with Gasteiger partial charge in [0.1, 0.15) is 0 Å². The molecule has 0 unspecified atom stereocenters. The molecule has 8 nitrogen and oxygen atoms in total. The van der Waals surface area contributed by atoms with Crippen molar-refractivity contribution >= 4 is 29.6 Å². The Morgan fingerprint density at radius 1 is 1.08 bits per heavy atom. The molecule has 2 saturated heterocycles. The summed E-state index contributed by atoms with van der Waals surface area (Å²) in [6.07, 6.45) is 6.44. The highest BCUT2D eigenvalue weighted by Gasteiger charge is 2.42. The van der Waals surface area contributed by atoms with Crippen LogP contribution in [0.2, 0.25) is 0 Å². The molecule has 0 bridgehead atoms. The lowest BCUT2D eigenvalue weighted by atomic mass is 10.0. The first-order valence-electron chi connectivity index (χ1n) is 9.05. The van der Waals surface area contributed by atoms with Crippen molar-refractivity contribution in [1.82, 2.24) is 21.4 Å². The van der Waals surface area contributed by atoms with Gasteiger partial charge in [-0.05, 0) is 25.7 Å². The number of hydrogen-bond acceptors (Lipinski definition) is 5. The molecule has 3 atom stereocenters. The molecule has 9 heteroatoms. The molecule has 6 N–H and O–H groups in total. The van der Waals surface area contributed by atoms with Crippen molar-refractivity contribution < 1.29 is 14.4 Å². The number of carbonyl (C=O) groups is 3. The van der Waals surface area contributed by atoms with E-state index < -0.39 is 0 Å². The van der Waals surface area contributed by atoms with Gasteiger partial charge in [-0.1, -0.05) is 12.8 Å². The molecule has 25 heavy (non-hydrogen) atoms. The molecule has 2 rings (SSSR count). The number of unbranched alkanes of at least 4 members (excludes halogenated alkanes) is 3. The van der Waals surface area contributed by atoms with Crippen molar-refractivity contribution in [3.05, 3.63) is 0 Å². The van der Waals surface area contributed by atoms with Crippen molar-refractivity contribution in [3.63, 3.8) is 0 Å². The van der Waals surface area contributed by atoms with E-state index >= 15 is 0 Å². The van der Waals surface area contributed by atoms with E-state index in [4.69, 9.17) is 5.84 Å². The Hall–Kier alpha value is -1.48. The van der Waals surface area contributed by atoms with Gasteiger partial charge in [-0.25, -0.2) is 10.6 Å². The van der Waals surface area contributed by atoms with E-state index in [9.17, 15) is 14.4 Å². The van der Waals surface area contributed by atoms with E-state index in [0.29, 0.717) is 24.6 Å². The molecule has 0 saturated carbocycles.